The van der Waals surface area contributed by atoms with Crippen molar-refractivity contribution in [3.63, 3.8) is 0 Å². The summed E-state index contributed by atoms with van der Waals surface area (Å²) in [6.45, 7) is 2.51. The smallest absolute Gasteiger partial charge is 0.335 e. The number of aliphatic imine (C=N–C) groups is 1. The van der Waals surface area contributed by atoms with Crippen LogP contribution in [0.15, 0.2) is 47.5 Å². The van der Waals surface area contributed by atoms with E-state index in [9.17, 15) is 19.5 Å². The predicted molar refractivity (Wildman–Crippen MR) is 146 cm³/mol. The zero-order valence-corrected chi connectivity index (χ0v) is 22.7. The molecule has 0 radical (unpaired) electrons. The van der Waals surface area contributed by atoms with Gasteiger partial charge in [0.2, 0.25) is 5.91 Å². The van der Waals surface area contributed by atoms with E-state index in [1.807, 2.05) is 6.92 Å². The van der Waals surface area contributed by atoms with E-state index >= 15 is 0 Å². The predicted octanol–water partition coefficient (Wildman–Crippen LogP) is 4.24. The van der Waals surface area contributed by atoms with E-state index in [1.165, 1.54) is 12.1 Å². The number of carbonyl (C=O) groups is 3. The van der Waals surface area contributed by atoms with Crippen LogP contribution in [0.1, 0.15) is 53.7 Å². The molecule has 1 heterocycles. The maximum atomic E-state index is 13.7. The molecule has 1 aliphatic heterocycles. The van der Waals surface area contributed by atoms with Crippen molar-refractivity contribution in [2.24, 2.45) is 16.8 Å². The average molecular weight is 557 g/mol. The number of carbonyl (C=O) groups excluding carboxylic acids is 2. The van der Waals surface area contributed by atoms with E-state index in [1.54, 1.807) is 37.4 Å². The summed E-state index contributed by atoms with van der Waals surface area (Å²) in [6, 6.07) is 10.5. The molecule has 2 atom stereocenters. The van der Waals surface area contributed by atoms with Crippen LogP contribution in [-0.4, -0.2) is 60.6 Å². The van der Waals surface area contributed by atoms with Gasteiger partial charge in [0.25, 0.3) is 0 Å². The van der Waals surface area contributed by atoms with Crippen LogP contribution in [0.4, 0.5) is 4.79 Å². The number of rotatable bonds is 10. The van der Waals surface area contributed by atoms with Gasteiger partial charge in [-0.25, -0.2) is 9.59 Å². The maximum absolute atomic E-state index is 13.7. The first kappa shape index (κ1) is 28.4. The molecule has 0 unspecified atom stereocenters. The van der Waals surface area contributed by atoms with Gasteiger partial charge in [-0.3, -0.25) is 25.0 Å². The van der Waals surface area contributed by atoms with Crippen molar-refractivity contribution in [2.75, 3.05) is 26.8 Å². The third kappa shape index (κ3) is 7.48. The highest BCUT2D eigenvalue weighted by Crippen LogP contribution is 2.29. The summed E-state index contributed by atoms with van der Waals surface area (Å²) in [4.78, 5) is 49.8. The number of amidine groups is 1. The van der Waals surface area contributed by atoms with Crippen molar-refractivity contribution in [3.8, 4) is 5.75 Å². The summed E-state index contributed by atoms with van der Waals surface area (Å²) in [5, 5.41) is 12.6. The fourth-order valence-electron chi connectivity index (χ4n) is 4.39. The van der Waals surface area contributed by atoms with Gasteiger partial charge < -0.3 is 15.2 Å². The monoisotopic (exact) mass is 556 g/mol. The molecule has 4 rings (SSSR count). The third-order valence-corrected chi connectivity index (χ3v) is 7.09. The topological polar surface area (TPSA) is 130 Å². The lowest BCUT2D eigenvalue weighted by molar-refractivity contribution is -0.131. The summed E-state index contributed by atoms with van der Waals surface area (Å²) in [5.41, 5.74) is 4.47. The first-order valence-electron chi connectivity index (χ1n) is 13.0. The number of nitrogens with zero attached hydrogens (tertiary/aromatic N) is 2. The minimum atomic E-state index is -1.03. The minimum absolute atomic E-state index is 0.0765. The number of ether oxygens (including phenoxy) is 1. The molecule has 0 aromatic heterocycles. The van der Waals surface area contributed by atoms with Crippen molar-refractivity contribution < 1.29 is 29.1 Å². The number of urea groups is 1. The van der Waals surface area contributed by atoms with Gasteiger partial charge in [-0.05, 0) is 73.1 Å². The molecule has 2 aliphatic rings. The third-order valence-electron chi connectivity index (χ3n) is 6.85. The number of carboxylic acids is 1. The molecule has 0 bridgehead atoms. The van der Waals surface area contributed by atoms with Gasteiger partial charge in [-0.1, -0.05) is 30.7 Å². The standard InChI is InChI=1S/C28H33ClN4O6/c1-3-23(18-6-8-19(9-7-18)27(35)36)31-28(37)33-15-25(32-39-16-17-4-5-17)30-14-21(26(33)34)12-20-13-22(29)10-11-24(20)38-2/h6-11,13,17,21,23H,3-5,12,14-16H2,1-2H3,(H,30,32)(H,31,37)(H,35,36)/t21-,23-/m1/s1. The first-order valence-corrected chi connectivity index (χ1v) is 13.4. The molecular formula is C28H33ClN4O6. The number of aromatic carboxylic acids is 1. The molecule has 10 nitrogen and oxygen atoms in total. The molecule has 2 aromatic carbocycles. The number of hydrogen-bond acceptors (Lipinski definition) is 7. The largest absolute Gasteiger partial charge is 0.496 e. The molecule has 11 heteroatoms. The van der Waals surface area contributed by atoms with Crippen molar-refractivity contribution in [1.82, 2.24) is 15.7 Å². The van der Waals surface area contributed by atoms with Crippen LogP contribution < -0.4 is 15.5 Å². The zero-order chi connectivity index (χ0) is 27.9. The number of methoxy groups -OCH3 is 1. The number of hydroxylamine groups is 1. The molecular weight excluding hydrogens is 524 g/mol. The Bertz CT molecular complexity index is 1230. The van der Waals surface area contributed by atoms with Crippen LogP contribution in [0.5, 0.6) is 5.75 Å². The second kappa shape index (κ2) is 12.9. The summed E-state index contributed by atoms with van der Waals surface area (Å²) < 4.78 is 5.46. The Labute approximate surface area is 232 Å². The average Bonchev–Trinajstić information content (AvgIpc) is 3.77. The molecule has 2 aromatic rings. The summed E-state index contributed by atoms with van der Waals surface area (Å²) >= 11 is 6.21. The quantitative estimate of drug-likeness (QED) is 0.373. The fourth-order valence-corrected chi connectivity index (χ4v) is 4.59. The van der Waals surface area contributed by atoms with E-state index in [-0.39, 0.29) is 31.0 Å². The van der Waals surface area contributed by atoms with Gasteiger partial charge in [0.05, 0.1) is 44.3 Å². The van der Waals surface area contributed by atoms with E-state index in [0.29, 0.717) is 35.6 Å². The number of imide groups is 1. The Morgan fingerprint density at radius 1 is 1.21 bits per heavy atom. The van der Waals surface area contributed by atoms with Crippen LogP contribution in [0.3, 0.4) is 0 Å². The second-order valence-corrected chi connectivity index (χ2v) is 10.2. The molecule has 0 spiro atoms. The lowest BCUT2D eigenvalue weighted by Crippen LogP contribution is -2.50. The van der Waals surface area contributed by atoms with Gasteiger partial charge in [0.15, 0.2) is 0 Å². The number of amides is 3. The Kier molecular flexibility index (Phi) is 9.42. The molecule has 1 saturated carbocycles. The van der Waals surface area contributed by atoms with Crippen molar-refractivity contribution >= 4 is 35.3 Å². The Hall–Kier alpha value is -3.63. The van der Waals surface area contributed by atoms with E-state index < -0.39 is 24.0 Å². The highest BCUT2D eigenvalue weighted by molar-refractivity contribution is 6.30. The van der Waals surface area contributed by atoms with E-state index in [2.05, 4.69) is 15.8 Å². The summed E-state index contributed by atoms with van der Waals surface area (Å²) in [5.74, 6) is -0.545. The number of benzene rings is 2. The van der Waals surface area contributed by atoms with Crippen molar-refractivity contribution in [3.05, 3.63) is 64.2 Å². The normalized spacial score (nSPS) is 18.1. The van der Waals surface area contributed by atoms with E-state index in [0.717, 1.165) is 28.9 Å². The molecule has 208 valence electrons. The Morgan fingerprint density at radius 3 is 2.59 bits per heavy atom. The number of hydrogen-bond donors (Lipinski definition) is 3. The van der Waals surface area contributed by atoms with Gasteiger partial charge in [0, 0.05) is 5.02 Å². The van der Waals surface area contributed by atoms with Crippen LogP contribution in [0, 0.1) is 11.8 Å². The van der Waals surface area contributed by atoms with Gasteiger partial charge in [-0.15, -0.1) is 0 Å². The second-order valence-electron chi connectivity index (χ2n) is 9.76. The van der Waals surface area contributed by atoms with Crippen molar-refractivity contribution in [1.29, 1.82) is 0 Å². The Morgan fingerprint density at radius 2 is 1.95 bits per heavy atom. The van der Waals surface area contributed by atoms with Crippen LogP contribution in [-0.2, 0) is 16.1 Å². The Balaban J connectivity index is 1.54. The number of carboxylic acid groups (broad SMARTS) is 1. The first-order chi connectivity index (χ1) is 18.8. The molecule has 3 N–H and O–H groups in total. The van der Waals surface area contributed by atoms with E-state index in [4.69, 9.17) is 21.2 Å². The number of nitrogens with one attached hydrogen (secondary N) is 2. The SMILES string of the molecule is CC[C@@H](NC(=O)N1CC(NOCC2CC2)=NC[C@@H](Cc2cc(Cl)ccc2OC)C1=O)c1ccc(C(=O)O)cc1. The highest BCUT2D eigenvalue weighted by atomic mass is 35.5. The zero-order valence-electron chi connectivity index (χ0n) is 22.0. The summed E-state index contributed by atoms with van der Waals surface area (Å²) in [6.07, 6.45) is 3.06. The fraction of sp³-hybridized carbons (Fsp3) is 0.429. The van der Waals surface area contributed by atoms with Crippen LogP contribution >= 0.6 is 11.6 Å². The van der Waals surface area contributed by atoms with Crippen LogP contribution in [0.25, 0.3) is 0 Å². The van der Waals surface area contributed by atoms with Crippen LogP contribution in [0.2, 0.25) is 5.02 Å². The lowest BCUT2D eigenvalue weighted by Gasteiger charge is -2.26. The molecule has 3 amide bonds. The lowest BCUT2D eigenvalue weighted by atomic mass is 9.97. The maximum Gasteiger partial charge on any atom is 0.335 e. The molecule has 1 fully saturated rings. The van der Waals surface area contributed by atoms with Gasteiger partial charge in [0.1, 0.15) is 11.6 Å². The molecule has 1 aliphatic carbocycles. The van der Waals surface area contributed by atoms with Gasteiger partial charge >= 0.3 is 12.0 Å². The molecule has 39 heavy (non-hydrogen) atoms. The highest BCUT2D eigenvalue weighted by Gasteiger charge is 2.34. The van der Waals surface area contributed by atoms with Crippen molar-refractivity contribution in [2.45, 2.75) is 38.6 Å². The minimum Gasteiger partial charge on any atom is -0.496 e. The summed E-state index contributed by atoms with van der Waals surface area (Å²) in [7, 11) is 1.55. The molecule has 0 saturated heterocycles. The number of halogens is 1. The van der Waals surface area contributed by atoms with Gasteiger partial charge in [-0.2, -0.15) is 0 Å².